The number of carbonyl (C=O) groups excluding carboxylic acids is 2. The molecule has 0 atom stereocenters. The van der Waals surface area contributed by atoms with Crippen LogP contribution in [0.1, 0.15) is 22.8 Å². The van der Waals surface area contributed by atoms with E-state index in [-0.39, 0.29) is 11.8 Å². The number of nitrogens with zero attached hydrogens (tertiary/aromatic N) is 2. The summed E-state index contributed by atoms with van der Waals surface area (Å²) in [6.07, 6.45) is 1.71. The molecule has 32 heavy (non-hydrogen) atoms. The third-order valence-corrected chi connectivity index (χ3v) is 5.24. The molecule has 7 heteroatoms. The van der Waals surface area contributed by atoms with E-state index >= 15 is 0 Å². The Balaban J connectivity index is 1.75. The third-order valence-electron chi connectivity index (χ3n) is 4.91. The van der Waals surface area contributed by atoms with Crippen molar-refractivity contribution in [3.05, 3.63) is 95.1 Å². The molecular formula is C25H21ClN4O2. The van der Waals surface area contributed by atoms with Crippen molar-refractivity contribution in [2.45, 2.75) is 13.8 Å². The normalized spacial score (nSPS) is 10.6. The first-order chi connectivity index (χ1) is 15.4. The lowest BCUT2D eigenvalue weighted by Crippen LogP contribution is -2.13. The number of benzene rings is 3. The first-order valence-electron chi connectivity index (χ1n) is 10.0. The fourth-order valence-electron chi connectivity index (χ4n) is 3.38. The van der Waals surface area contributed by atoms with E-state index in [0.717, 1.165) is 16.8 Å². The Labute approximate surface area is 190 Å². The van der Waals surface area contributed by atoms with E-state index in [0.29, 0.717) is 27.7 Å². The summed E-state index contributed by atoms with van der Waals surface area (Å²) in [6.45, 7) is 3.39. The zero-order valence-electron chi connectivity index (χ0n) is 17.6. The minimum absolute atomic E-state index is 0.212. The molecule has 0 aliphatic heterocycles. The standard InChI is InChI=1S/C25H21ClN4O2/c1-16-8-6-7-11-20(16)24-21(15-30(29-24)19-9-4-3-5-10-19)25(32)28-23-14-18(27-17(2)31)12-13-22(23)26/h3-15H,1-2H3,(H,27,31)(H,28,32). The van der Waals surface area contributed by atoms with Crippen molar-refractivity contribution in [3.63, 3.8) is 0 Å². The fourth-order valence-corrected chi connectivity index (χ4v) is 3.55. The average Bonchev–Trinajstić information content (AvgIpc) is 3.22. The predicted octanol–water partition coefficient (Wildman–Crippen LogP) is 5.71. The molecule has 0 saturated heterocycles. The SMILES string of the molecule is CC(=O)Nc1ccc(Cl)c(NC(=O)c2cn(-c3ccccc3)nc2-c2ccccc2C)c1. The maximum Gasteiger partial charge on any atom is 0.259 e. The van der Waals surface area contributed by atoms with E-state index in [2.05, 4.69) is 10.6 Å². The van der Waals surface area contributed by atoms with Gasteiger partial charge in [0, 0.05) is 24.4 Å². The minimum Gasteiger partial charge on any atom is -0.326 e. The van der Waals surface area contributed by atoms with Gasteiger partial charge in [0.2, 0.25) is 5.91 Å². The summed E-state index contributed by atoms with van der Waals surface area (Å²) in [6, 6.07) is 22.3. The molecule has 160 valence electrons. The third kappa shape index (κ3) is 4.55. The maximum absolute atomic E-state index is 13.3. The first kappa shape index (κ1) is 21.3. The molecule has 2 N–H and O–H groups in total. The lowest BCUT2D eigenvalue weighted by atomic mass is 10.0. The molecule has 4 aromatic rings. The van der Waals surface area contributed by atoms with Crippen molar-refractivity contribution in [2.24, 2.45) is 0 Å². The molecule has 0 aliphatic carbocycles. The highest BCUT2D eigenvalue weighted by molar-refractivity contribution is 6.34. The van der Waals surface area contributed by atoms with Crippen molar-refractivity contribution in [3.8, 4) is 16.9 Å². The number of para-hydroxylation sites is 1. The molecule has 0 spiro atoms. The van der Waals surface area contributed by atoms with E-state index in [9.17, 15) is 9.59 Å². The highest BCUT2D eigenvalue weighted by Crippen LogP contribution is 2.30. The number of nitrogens with one attached hydrogen (secondary N) is 2. The Morgan fingerprint density at radius 3 is 2.38 bits per heavy atom. The lowest BCUT2D eigenvalue weighted by molar-refractivity contribution is -0.114. The monoisotopic (exact) mass is 444 g/mol. The van der Waals surface area contributed by atoms with Gasteiger partial charge in [-0.15, -0.1) is 0 Å². The highest BCUT2D eigenvalue weighted by atomic mass is 35.5. The van der Waals surface area contributed by atoms with Gasteiger partial charge in [-0.05, 0) is 42.8 Å². The molecule has 2 amide bonds. The van der Waals surface area contributed by atoms with Gasteiger partial charge < -0.3 is 10.6 Å². The predicted molar refractivity (Wildman–Crippen MR) is 127 cm³/mol. The summed E-state index contributed by atoms with van der Waals surface area (Å²) in [5.74, 6) is -0.567. The summed E-state index contributed by atoms with van der Waals surface area (Å²) < 4.78 is 1.69. The van der Waals surface area contributed by atoms with E-state index in [1.165, 1.54) is 6.92 Å². The van der Waals surface area contributed by atoms with Gasteiger partial charge in [-0.3, -0.25) is 9.59 Å². The Bertz CT molecular complexity index is 1300. The number of hydrogen-bond donors (Lipinski definition) is 2. The van der Waals surface area contributed by atoms with Gasteiger partial charge in [0.25, 0.3) is 5.91 Å². The van der Waals surface area contributed by atoms with E-state index in [4.69, 9.17) is 16.7 Å². The summed E-state index contributed by atoms with van der Waals surface area (Å²) in [5.41, 5.74) is 4.62. The van der Waals surface area contributed by atoms with Crippen LogP contribution in [-0.2, 0) is 4.79 Å². The van der Waals surface area contributed by atoms with Gasteiger partial charge in [-0.2, -0.15) is 5.10 Å². The van der Waals surface area contributed by atoms with Crippen LogP contribution in [0.4, 0.5) is 11.4 Å². The first-order valence-corrected chi connectivity index (χ1v) is 10.4. The van der Waals surface area contributed by atoms with Crippen LogP contribution in [0, 0.1) is 6.92 Å². The van der Waals surface area contributed by atoms with Crippen LogP contribution in [0.5, 0.6) is 0 Å². The van der Waals surface area contributed by atoms with Crippen LogP contribution in [0.15, 0.2) is 79.0 Å². The van der Waals surface area contributed by atoms with Crippen LogP contribution in [0.2, 0.25) is 5.02 Å². The lowest BCUT2D eigenvalue weighted by Gasteiger charge is -2.10. The largest absolute Gasteiger partial charge is 0.326 e. The van der Waals surface area contributed by atoms with Crippen molar-refractivity contribution >= 4 is 34.8 Å². The number of rotatable bonds is 5. The zero-order chi connectivity index (χ0) is 22.7. The van der Waals surface area contributed by atoms with Gasteiger partial charge in [0.15, 0.2) is 0 Å². The summed E-state index contributed by atoms with van der Waals surface area (Å²) in [4.78, 5) is 24.7. The number of aryl methyl sites for hydroxylation is 1. The van der Waals surface area contributed by atoms with Crippen LogP contribution in [-0.4, -0.2) is 21.6 Å². The molecule has 0 aliphatic rings. The van der Waals surface area contributed by atoms with Crippen molar-refractivity contribution in [1.82, 2.24) is 9.78 Å². The van der Waals surface area contributed by atoms with Crippen molar-refractivity contribution < 1.29 is 9.59 Å². The second-order valence-corrected chi connectivity index (χ2v) is 7.72. The summed E-state index contributed by atoms with van der Waals surface area (Å²) in [7, 11) is 0. The smallest absolute Gasteiger partial charge is 0.259 e. The fraction of sp³-hybridized carbons (Fsp3) is 0.0800. The van der Waals surface area contributed by atoms with Gasteiger partial charge in [0.1, 0.15) is 5.69 Å². The number of halogens is 1. The number of aromatic nitrogens is 2. The van der Waals surface area contributed by atoms with Crippen LogP contribution >= 0.6 is 11.6 Å². The zero-order valence-corrected chi connectivity index (χ0v) is 18.4. The number of anilines is 2. The Hall–Kier alpha value is -3.90. The quantitative estimate of drug-likeness (QED) is 0.413. The Kier molecular flexibility index (Phi) is 6.05. The number of amides is 2. The highest BCUT2D eigenvalue weighted by Gasteiger charge is 2.21. The van der Waals surface area contributed by atoms with Crippen LogP contribution < -0.4 is 10.6 Å². The molecule has 3 aromatic carbocycles. The molecule has 0 saturated carbocycles. The van der Waals surface area contributed by atoms with Crippen LogP contribution in [0.25, 0.3) is 16.9 Å². The van der Waals surface area contributed by atoms with Crippen molar-refractivity contribution in [1.29, 1.82) is 0 Å². The molecular weight excluding hydrogens is 424 g/mol. The van der Waals surface area contributed by atoms with Gasteiger partial charge in [-0.25, -0.2) is 4.68 Å². The molecule has 0 fully saturated rings. The second kappa shape index (κ2) is 9.08. The summed E-state index contributed by atoms with van der Waals surface area (Å²) in [5, 5.41) is 10.6. The summed E-state index contributed by atoms with van der Waals surface area (Å²) >= 11 is 6.30. The Morgan fingerprint density at radius 2 is 1.66 bits per heavy atom. The maximum atomic E-state index is 13.3. The molecule has 1 aromatic heterocycles. The van der Waals surface area contributed by atoms with E-state index < -0.39 is 0 Å². The topological polar surface area (TPSA) is 76.0 Å². The van der Waals surface area contributed by atoms with Gasteiger partial charge in [-0.1, -0.05) is 54.1 Å². The molecule has 6 nitrogen and oxygen atoms in total. The molecule has 0 radical (unpaired) electrons. The number of carbonyl (C=O) groups is 2. The van der Waals surface area contributed by atoms with E-state index in [1.807, 2.05) is 61.5 Å². The van der Waals surface area contributed by atoms with Gasteiger partial charge >= 0.3 is 0 Å². The van der Waals surface area contributed by atoms with Crippen molar-refractivity contribution in [2.75, 3.05) is 10.6 Å². The molecule has 4 rings (SSSR count). The average molecular weight is 445 g/mol. The van der Waals surface area contributed by atoms with E-state index in [1.54, 1.807) is 29.1 Å². The number of hydrogen-bond acceptors (Lipinski definition) is 3. The second-order valence-electron chi connectivity index (χ2n) is 7.32. The molecule has 1 heterocycles. The molecule has 0 bridgehead atoms. The van der Waals surface area contributed by atoms with Gasteiger partial charge in [0.05, 0.1) is 22.0 Å². The van der Waals surface area contributed by atoms with Crippen LogP contribution in [0.3, 0.4) is 0 Å². The molecule has 0 unspecified atom stereocenters. The Morgan fingerprint density at radius 1 is 0.938 bits per heavy atom. The minimum atomic E-state index is -0.354.